The van der Waals surface area contributed by atoms with Crippen LogP contribution in [0.3, 0.4) is 0 Å². The molecule has 0 aliphatic carbocycles. The van der Waals surface area contributed by atoms with Crippen LogP contribution in [0, 0.1) is 0 Å². The molecule has 19 heavy (non-hydrogen) atoms. The second-order valence-electron chi connectivity index (χ2n) is 4.79. The van der Waals surface area contributed by atoms with Crippen LogP contribution in [0.15, 0.2) is 29.6 Å². The SMILES string of the molecule is O=C(O)C1CNCCN1Cc1csc2ccccc12. The maximum atomic E-state index is 11.3. The van der Waals surface area contributed by atoms with Gasteiger partial charge < -0.3 is 10.4 Å². The van der Waals surface area contributed by atoms with Crippen molar-refractivity contribution in [1.82, 2.24) is 10.2 Å². The number of thiophene rings is 1. The van der Waals surface area contributed by atoms with Crippen LogP contribution in [-0.4, -0.2) is 41.7 Å². The molecule has 0 saturated carbocycles. The van der Waals surface area contributed by atoms with Crippen molar-refractivity contribution < 1.29 is 9.90 Å². The van der Waals surface area contributed by atoms with Crippen LogP contribution in [0.1, 0.15) is 5.56 Å². The molecule has 3 rings (SSSR count). The standard InChI is InChI=1S/C14H16N2O2S/c17-14(18)12-7-15-5-6-16(12)8-10-9-19-13-4-2-1-3-11(10)13/h1-4,9,12,15H,5-8H2,(H,17,18). The summed E-state index contributed by atoms with van der Waals surface area (Å²) in [4.78, 5) is 13.3. The first-order valence-electron chi connectivity index (χ1n) is 6.38. The van der Waals surface area contributed by atoms with E-state index in [4.69, 9.17) is 0 Å². The Balaban J connectivity index is 1.85. The molecule has 1 unspecified atom stereocenters. The highest BCUT2D eigenvalue weighted by Crippen LogP contribution is 2.27. The Morgan fingerprint density at radius 2 is 2.32 bits per heavy atom. The molecular formula is C14H16N2O2S. The molecule has 1 fully saturated rings. The fraction of sp³-hybridized carbons (Fsp3) is 0.357. The van der Waals surface area contributed by atoms with Gasteiger partial charge in [0, 0.05) is 30.9 Å². The zero-order valence-electron chi connectivity index (χ0n) is 10.5. The summed E-state index contributed by atoms with van der Waals surface area (Å²) < 4.78 is 1.26. The van der Waals surface area contributed by atoms with E-state index in [0.29, 0.717) is 13.1 Å². The van der Waals surface area contributed by atoms with E-state index in [1.165, 1.54) is 15.6 Å². The van der Waals surface area contributed by atoms with Gasteiger partial charge in [-0.2, -0.15) is 0 Å². The molecule has 1 saturated heterocycles. The maximum absolute atomic E-state index is 11.3. The van der Waals surface area contributed by atoms with Gasteiger partial charge in [0.15, 0.2) is 0 Å². The third-order valence-electron chi connectivity index (χ3n) is 3.57. The van der Waals surface area contributed by atoms with Crippen molar-refractivity contribution >= 4 is 27.4 Å². The topological polar surface area (TPSA) is 52.6 Å². The van der Waals surface area contributed by atoms with Gasteiger partial charge in [-0.05, 0) is 22.4 Å². The molecule has 2 heterocycles. The first-order valence-corrected chi connectivity index (χ1v) is 7.26. The first-order chi connectivity index (χ1) is 9.25. The predicted molar refractivity (Wildman–Crippen MR) is 76.5 cm³/mol. The highest BCUT2D eigenvalue weighted by Gasteiger charge is 2.28. The number of carbonyl (C=O) groups is 1. The van der Waals surface area contributed by atoms with Crippen LogP contribution in [0.2, 0.25) is 0 Å². The molecule has 0 amide bonds. The van der Waals surface area contributed by atoms with E-state index in [1.807, 2.05) is 17.0 Å². The molecule has 1 atom stereocenters. The minimum Gasteiger partial charge on any atom is -0.480 e. The van der Waals surface area contributed by atoms with Gasteiger partial charge >= 0.3 is 5.97 Å². The summed E-state index contributed by atoms with van der Waals surface area (Å²) in [6.07, 6.45) is 0. The summed E-state index contributed by atoms with van der Waals surface area (Å²) in [6.45, 7) is 2.87. The molecule has 1 aliphatic rings. The van der Waals surface area contributed by atoms with E-state index in [-0.39, 0.29) is 0 Å². The molecule has 1 aromatic heterocycles. The summed E-state index contributed by atoms with van der Waals surface area (Å²) in [6, 6.07) is 7.86. The highest BCUT2D eigenvalue weighted by molar-refractivity contribution is 7.17. The van der Waals surface area contributed by atoms with Gasteiger partial charge in [0.2, 0.25) is 0 Å². The summed E-state index contributed by atoms with van der Waals surface area (Å²) >= 11 is 1.72. The van der Waals surface area contributed by atoms with Gasteiger partial charge in [-0.1, -0.05) is 18.2 Å². The predicted octanol–water partition coefficient (Wildman–Crippen LogP) is 1.76. The molecule has 0 bridgehead atoms. The lowest BCUT2D eigenvalue weighted by Gasteiger charge is -2.33. The van der Waals surface area contributed by atoms with E-state index in [9.17, 15) is 9.90 Å². The van der Waals surface area contributed by atoms with Gasteiger partial charge in [-0.25, -0.2) is 0 Å². The lowest BCUT2D eigenvalue weighted by Crippen LogP contribution is -2.54. The number of aliphatic carboxylic acids is 1. The molecule has 100 valence electrons. The Bertz CT molecular complexity index is 596. The summed E-state index contributed by atoms with van der Waals surface area (Å²) in [5.74, 6) is -0.744. The van der Waals surface area contributed by atoms with Crippen molar-refractivity contribution in [3.63, 3.8) is 0 Å². The quantitative estimate of drug-likeness (QED) is 0.897. The minimum absolute atomic E-state index is 0.424. The Morgan fingerprint density at radius 3 is 3.16 bits per heavy atom. The number of fused-ring (bicyclic) bond motifs is 1. The van der Waals surface area contributed by atoms with E-state index in [1.54, 1.807) is 11.3 Å². The number of benzene rings is 1. The van der Waals surface area contributed by atoms with Crippen LogP contribution in [0.5, 0.6) is 0 Å². The smallest absolute Gasteiger partial charge is 0.322 e. The van der Waals surface area contributed by atoms with Gasteiger partial charge in [0.25, 0.3) is 0 Å². The van der Waals surface area contributed by atoms with Gasteiger partial charge in [0.1, 0.15) is 6.04 Å². The van der Waals surface area contributed by atoms with E-state index >= 15 is 0 Å². The lowest BCUT2D eigenvalue weighted by atomic mass is 10.1. The average molecular weight is 276 g/mol. The zero-order valence-corrected chi connectivity index (χ0v) is 11.3. The average Bonchev–Trinajstić information content (AvgIpc) is 2.83. The summed E-state index contributed by atoms with van der Waals surface area (Å²) in [5, 5.41) is 15.8. The van der Waals surface area contributed by atoms with Crippen molar-refractivity contribution in [2.24, 2.45) is 0 Å². The fourth-order valence-corrected chi connectivity index (χ4v) is 3.51. The highest BCUT2D eigenvalue weighted by atomic mass is 32.1. The number of carboxylic acids is 1. The number of hydrogen-bond acceptors (Lipinski definition) is 4. The van der Waals surface area contributed by atoms with Gasteiger partial charge in [-0.3, -0.25) is 9.69 Å². The van der Waals surface area contributed by atoms with Crippen molar-refractivity contribution in [1.29, 1.82) is 0 Å². The molecular weight excluding hydrogens is 260 g/mol. The van der Waals surface area contributed by atoms with Gasteiger partial charge in [-0.15, -0.1) is 11.3 Å². The van der Waals surface area contributed by atoms with Gasteiger partial charge in [0.05, 0.1) is 0 Å². The molecule has 0 radical (unpaired) electrons. The second-order valence-corrected chi connectivity index (χ2v) is 5.70. The Labute approximate surface area is 115 Å². The number of carboxylic acid groups (broad SMARTS) is 1. The summed E-state index contributed by atoms with van der Waals surface area (Å²) in [5.41, 5.74) is 1.23. The lowest BCUT2D eigenvalue weighted by molar-refractivity contribution is -0.144. The van der Waals surface area contributed by atoms with Crippen molar-refractivity contribution in [3.8, 4) is 0 Å². The number of piperazine rings is 1. The monoisotopic (exact) mass is 276 g/mol. The second kappa shape index (κ2) is 5.28. The third-order valence-corrected chi connectivity index (χ3v) is 4.59. The molecule has 1 aromatic carbocycles. The largest absolute Gasteiger partial charge is 0.480 e. The van der Waals surface area contributed by atoms with E-state index in [2.05, 4.69) is 22.8 Å². The van der Waals surface area contributed by atoms with Crippen LogP contribution < -0.4 is 5.32 Å². The van der Waals surface area contributed by atoms with Crippen LogP contribution in [0.25, 0.3) is 10.1 Å². The molecule has 2 N–H and O–H groups in total. The van der Waals surface area contributed by atoms with E-state index < -0.39 is 12.0 Å². The molecule has 1 aliphatic heterocycles. The van der Waals surface area contributed by atoms with E-state index in [0.717, 1.165) is 13.1 Å². The zero-order chi connectivity index (χ0) is 13.2. The Morgan fingerprint density at radius 1 is 1.47 bits per heavy atom. The molecule has 0 spiro atoms. The van der Waals surface area contributed by atoms with Crippen molar-refractivity contribution in [3.05, 3.63) is 35.2 Å². The Hall–Kier alpha value is -1.43. The fourth-order valence-electron chi connectivity index (χ4n) is 2.55. The number of nitrogens with one attached hydrogen (secondary N) is 1. The van der Waals surface area contributed by atoms with Crippen molar-refractivity contribution in [2.75, 3.05) is 19.6 Å². The molecule has 5 heteroatoms. The molecule has 2 aromatic rings. The van der Waals surface area contributed by atoms with Crippen LogP contribution in [0.4, 0.5) is 0 Å². The maximum Gasteiger partial charge on any atom is 0.322 e. The number of rotatable bonds is 3. The minimum atomic E-state index is -0.744. The van der Waals surface area contributed by atoms with Crippen LogP contribution in [-0.2, 0) is 11.3 Å². The van der Waals surface area contributed by atoms with Crippen molar-refractivity contribution in [2.45, 2.75) is 12.6 Å². The van der Waals surface area contributed by atoms with Crippen LogP contribution >= 0.6 is 11.3 Å². The molecule has 4 nitrogen and oxygen atoms in total. The number of nitrogens with zero attached hydrogens (tertiary/aromatic N) is 1. The first kappa shape index (κ1) is 12.6. The third kappa shape index (κ3) is 2.49. The summed E-state index contributed by atoms with van der Waals surface area (Å²) in [7, 11) is 0. The normalized spacial score (nSPS) is 20.7. The number of hydrogen-bond donors (Lipinski definition) is 2. The Kier molecular flexibility index (Phi) is 3.50.